The number of halogens is 2. The minimum Gasteiger partial charge on any atom is -0.336 e. The summed E-state index contributed by atoms with van der Waals surface area (Å²) < 4.78 is 41.4. The van der Waals surface area contributed by atoms with E-state index in [0.717, 1.165) is 11.6 Å². The van der Waals surface area contributed by atoms with Crippen LogP contribution in [0.3, 0.4) is 0 Å². The van der Waals surface area contributed by atoms with Crippen LogP contribution < -0.4 is 10.7 Å². The molecule has 0 aliphatic heterocycles. The lowest BCUT2D eigenvalue weighted by Crippen LogP contribution is -2.24. The van der Waals surface area contributed by atoms with Gasteiger partial charge in [-0.05, 0) is 54.4 Å². The van der Waals surface area contributed by atoms with Gasteiger partial charge in [-0.2, -0.15) is 0 Å². The number of aryl methyl sites for hydroxylation is 1. The van der Waals surface area contributed by atoms with E-state index in [9.17, 15) is 22.4 Å². The molecule has 0 unspecified atom stereocenters. The van der Waals surface area contributed by atoms with Crippen LogP contribution in [0.5, 0.6) is 0 Å². The van der Waals surface area contributed by atoms with Crippen molar-refractivity contribution in [3.05, 3.63) is 99.6 Å². The van der Waals surface area contributed by atoms with E-state index in [4.69, 9.17) is 11.6 Å². The van der Waals surface area contributed by atoms with Crippen LogP contribution in [0.15, 0.2) is 87.5 Å². The summed E-state index contributed by atoms with van der Waals surface area (Å²) in [5.74, 6) is -1.12. The van der Waals surface area contributed by atoms with Crippen LogP contribution in [0.4, 0.5) is 10.1 Å². The molecule has 0 aliphatic rings. The highest BCUT2D eigenvalue weighted by atomic mass is 35.5. The zero-order valence-electron chi connectivity index (χ0n) is 18.1. The van der Waals surface area contributed by atoms with Gasteiger partial charge in [0.25, 0.3) is 0 Å². The number of benzene rings is 3. The van der Waals surface area contributed by atoms with Gasteiger partial charge in [0, 0.05) is 17.3 Å². The minimum atomic E-state index is -4.13. The summed E-state index contributed by atoms with van der Waals surface area (Å²) in [5, 5.41) is 2.67. The fourth-order valence-electron chi connectivity index (χ4n) is 3.62. The molecule has 174 valence electrons. The van der Waals surface area contributed by atoms with Crippen LogP contribution in [-0.4, -0.2) is 18.9 Å². The van der Waals surface area contributed by atoms with Crippen molar-refractivity contribution in [3.8, 4) is 0 Å². The lowest BCUT2D eigenvalue weighted by molar-refractivity contribution is -0.116. The van der Waals surface area contributed by atoms with Gasteiger partial charge in [-0.25, -0.2) is 12.8 Å². The highest BCUT2D eigenvalue weighted by Gasteiger charge is 2.24. The zero-order chi connectivity index (χ0) is 24.5. The Hall–Kier alpha value is -3.49. The number of hydrogen-bond acceptors (Lipinski definition) is 4. The van der Waals surface area contributed by atoms with Gasteiger partial charge in [0.1, 0.15) is 17.3 Å². The molecular weight excluding hydrogens is 479 g/mol. The Balaban J connectivity index is 1.82. The Morgan fingerprint density at radius 1 is 1.06 bits per heavy atom. The second kappa shape index (κ2) is 9.40. The van der Waals surface area contributed by atoms with E-state index >= 15 is 0 Å². The molecule has 0 aliphatic carbocycles. The number of nitrogens with zero attached hydrogens (tertiary/aromatic N) is 1. The fraction of sp³-hybridized carbons (Fsp3) is 0.120. The molecule has 1 amide bonds. The predicted octanol–water partition coefficient (Wildman–Crippen LogP) is 4.83. The topological polar surface area (TPSA) is 85.2 Å². The predicted molar refractivity (Wildman–Crippen MR) is 130 cm³/mol. The number of amides is 1. The van der Waals surface area contributed by atoms with Crippen LogP contribution in [-0.2, 0) is 27.6 Å². The molecule has 4 rings (SSSR count). The Morgan fingerprint density at radius 3 is 2.47 bits per heavy atom. The molecule has 34 heavy (non-hydrogen) atoms. The summed E-state index contributed by atoms with van der Waals surface area (Å²) in [5.41, 5.74) is 0.931. The zero-order valence-corrected chi connectivity index (χ0v) is 19.7. The molecule has 0 saturated carbocycles. The van der Waals surface area contributed by atoms with Crippen LogP contribution in [0.1, 0.15) is 12.5 Å². The third-order valence-corrected chi connectivity index (χ3v) is 7.43. The van der Waals surface area contributed by atoms with Crippen molar-refractivity contribution in [2.45, 2.75) is 29.7 Å². The van der Waals surface area contributed by atoms with E-state index in [1.54, 1.807) is 30.3 Å². The van der Waals surface area contributed by atoms with Gasteiger partial charge < -0.3 is 9.88 Å². The Bertz CT molecular complexity index is 1570. The van der Waals surface area contributed by atoms with E-state index in [1.807, 2.05) is 13.0 Å². The number of aromatic nitrogens is 1. The molecule has 9 heteroatoms. The van der Waals surface area contributed by atoms with Crippen LogP contribution in [0, 0.1) is 5.82 Å². The summed E-state index contributed by atoms with van der Waals surface area (Å²) in [6, 6.07) is 16.6. The fourth-order valence-corrected chi connectivity index (χ4v) is 5.19. The van der Waals surface area contributed by atoms with Gasteiger partial charge in [0.05, 0.1) is 15.4 Å². The summed E-state index contributed by atoms with van der Waals surface area (Å²) in [4.78, 5) is 25.6. The minimum absolute atomic E-state index is 0.0185. The second-order valence-electron chi connectivity index (χ2n) is 7.65. The van der Waals surface area contributed by atoms with Gasteiger partial charge in [-0.15, -0.1) is 0 Å². The van der Waals surface area contributed by atoms with Gasteiger partial charge >= 0.3 is 0 Å². The molecule has 0 bridgehead atoms. The van der Waals surface area contributed by atoms with Gasteiger partial charge in [0.2, 0.25) is 21.2 Å². The highest BCUT2D eigenvalue weighted by molar-refractivity contribution is 7.91. The third-order valence-electron chi connectivity index (χ3n) is 5.38. The molecule has 4 aromatic rings. The number of rotatable bonds is 6. The summed E-state index contributed by atoms with van der Waals surface area (Å²) in [7, 11) is -4.13. The summed E-state index contributed by atoms with van der Waals surface area (Å²) in [6.45, 7) is 1.64. The van der Waals surface area contributed by atoms with E-state index in [-0.39, 0.29) is 27.5 Å². The van der Waals surface area contributed by atoms with Gasteiger partial charge in [-0.1, -0.05) is 42.8 Å². The monoisotopic (exact) mass is 498 g/mol. The van der Waals surface area contributed by atoms with E-state index < -0.39 is 31.9 Å². The molecule has 0 radical (unpaired) electrons. The second-order valence-corrected chi connectivity index (χ2v) is 9.97. The standard InChI is InChI=1S/C25H20ClFN2O4S/c1-2-16-8-11-22-19(12-16)25(31)23(34(32,33)18-6-4-3-5-7-18)14-29(22)15-24(30)28-17-9-10-21(27)20(26)13-17/h3-14H,2,15H2,1H3,(H,28,30). The van der Waals surface area contributed by atoms with Crippen LogP contribution >= 0.6 is 11.6 Å². The molecule has 0 saturated heterocycles. The number of sulfone groups is 1. The average Bonchev–Trinajstić information content (AvgIpc) is 2.83. The van der Waals surface area contributed by atoms with E-state index in [1.165, 1.54) is 35.0 Å². The smallest absolute Gasteiger partial charge is 0.244 e. The lowest BCUT2D eigenvalue weighted by Gasteiger charge is -2.15. The number of anilines is 1. The maximum absolute atomic E-state index is 13.4. The molecular formula is C25H20ClFN2O4S. The van der Waals surface area contributed by atoms with Gasteiger partial charge in [-0.3, -0.25) is 9.59 Å². The number of fused-ring (bicyclic) bond motifs is 1. The highest BCUT2D eigenvalue weighted by Crippen LogP contribution is 2.23. The van der Waals surface area contributed by atoms with Crippen molar-refractivity contribution in [3.63, 3.8) is 0 Å². The van der Waals surface area contributed by atoms with Crippen molar-refractivity contribution >= 4 is 43.9 Å². The summed E-state index contributed by atoms with van der Waals surface area (Å²) >= 11 is 5.78. The van der Waals surface area contributed by atoms with Crippen LogP contribution in [0.2, 0.25) is 5.02 Å². The molecule has 6 nitrogen and oxygen atoms in total. The lowest BCUT2D eigenvalue weighted by atomic mass is 10.1. The number of nitrogens with one attached hydrogen (secondary N) is 1. The average molecular weight is 499 g/mol. The Kier molecular flexibility index (Phi) is 6.54. The molecule has 1 heterocycles. The summed E-state index contributed by atoms with van der Waals surface area (Å²) in [6.07, 6.45) is 1.84. The SMILES string of the molecule is CCc1ccc2c(c1)c(=O)c(S(=O)(=O)c1ccccc1)cn2CC(=O)Nc1ccc(F)c(Cl)c1. The van der Waals surface area contributed by atoms with Crippen molar-refractivity contribution in [1.82, 2.24) is 4.57 Å². The first-order chi connectivity index (χ1) is 16.2. The number of carbonyl (C=O) groups excluding carboxylic acids is 1. The van der Waals surface area contributed by atoms with Crippen molar-refractivity contribution in [2.75, 3.05) is 5.32 Å². The van der Waals surface area contributed by atoms with Gasteiger partial charge in [0.15, 0.2) is 0 Å². The first kappa shape index (κ1) is 23.7. The molecule has 0 atom stereocenters. The maximum atomic E-state index is 13.4. The molecule has 1 aromatic heterocycles. The molecule has 0 fully saturated rings. The van der Waals surface area contributed by atoms with E-state index in [0.29, 0.717) is 11.9 Å². The Labute approximate surface area is 200 Å². The number of pyridine rings is 1. The van der Waals surface area contributed by atoms with Crippen LogP contribution in [0.25, 0.3) is 10.9 Å². The largest absolute Gasteiger partial charge is 0.336 e. The molecule has 0 spiro atoms. The number of hydrogen-bond donors (Lipinski definition) is 1. The van der Waals surface area contributed by atoms with Crippen molar-refractivity contribution < 1.29 is 17.6 Å². The quantitative estimate of drug-likeness (QED) is 0.412. The van der Waals surface area contributed by atoms with Crippen molar-refractivity contribution in [2.24, 2.45) is 0 Å². The maximum Gasteiger partial charge on any atom is 0.244 e. The molecule has 3 aromatic carbocycles. The molecule has 1 N–H and O–H groups in total. The Morgan fingerprint density at radius 2 is 1.79 bits per heavy atom. The first-order valence-electron chi connectivity index (χ1n) is 10.4. The first-order valence-corrected chi connectivity index (χ1v) is 12.3. The normalized spacial score (nSPS) is 11.5. The van der Waals surface area contributed by atoms with Crippen molar-refractivity contribution in [1.29, 1.82) is 0 Å². The van der Waals surface area contributed by atoms with E-state index in [2.05, 4.69) is 5.32 Å². The third kappa shape index (κ3) is 4.60. The number of carbonyl (C=O) groups is 1.